The standard InChI is InChI=1S/C12H15F5N2/c1-2-19(7-12(15,16)17)6-11(18)9-5-8(13)3-4-10(9)14/h3-5,11H,2,6-7,18H2,1H3. The van der Waals surface area contributed by atoms with Crippen molar-refractivity contribution in [1.82, 2.24) is 4.90 Å². The molecule has 0 fully saturated rings. The lowest BCUT2D eigenvalue weighted by molar-refractivity contribution is -0.145. The Labute approximate surface area is 108 Å². The Hall–Kier alpha value is -1.21. The third-order valence-corrected chi connectivity index (χ3v) is 2.66. The summed E-state index contributed by atoms with van der Waals surface area (Å²) in [5.41, 5.74) is 5.52. The molecule has 0 aliphatic heterocycles. The number of hydrogen-bond acceptors (Lipinski definition) is 2. The third-order valence-electron chi connectivity index (χ3n) is 2.66. The maximum absolute atomic E-state index is 13.4. The molecule has 7 heteroatoms. The van der Waals surface area contributed by atoms with Gasteiger partial charge in [-0.05, 0) is 24.7 Å². The van der Waals surface area contributed by atoms with E-state index < -0.39 is 30.4 Å². The maximum Gasteiger partial charge on any atom is 0.401 e. The van der Waals surface area contributed by atoms with E-state index in [9.17, 15) is 22.0 Å². The van der Waals surface area contributed by atoms with Gasteiger partial charge in [0.15, 0.2) is 0 Å². The number of nitrogens with zero attached hydrogens (tertiary/aromatic N) is 1. The quantitative estimate of drug-likeness (QED) is 0.841. The second-order valence-electron chi connectivity index (χ2n) is 4.22. The number of hydrogen-bond donors (Lipinski definition) is 1. The van der Waals surface area contributed by atoms with Gasteiger partial charge in [-0.3, -0.25) is 4.90 Å². The number of likely N-dealkylation sites (N-methyl/N-ethyl adjacent to an activating group) is 1. The largest absolute Gasteiger partial charge is 0.401 e. The fourth-order valence-corrected chi connectivity index (χ4v) is 1.73. The molecule has 1 rings (SSSR count). The molecule has 2 nitrogen and oxygen atoms in total. The SMILES string of the molecule is CCN(CC(N)c1cc(F)ccc1F)CC(F)(F)F. The van der Waals surface area contributed by atoms with Crippen LogP contribution in [0.25, 0.3) is 0 Å². The van der Waals surface area contributed by atoms with Gasteiger partial charge < -0.3 is 5.73 Å². The third kappa shape index (κ3) is 5.12. The first-order chi connectivity index (χ1) is 8.73. The summed E-state index contributed by atoms with van der Waals surface area (Å²) in [5.74, 6) is -1.40. The molecule has 1 aromatic carbocycles. The molecule has 19 heavy (non-hydrogen) atoms. The zero-order valence-electron chi connectivity index (χ0n) is 10.3. The number of alkyl halides is 3. The molecule has 1 aromatic rings. The number of halogens is 5. The van der Waals surface area contributed by atoms with Crippen LogP contribution in [-0.4, -0.2) is 30.7 Å². The molecule has 0 saturated carbocycles. The summed E-state index contributed by atoms with van der Waals surface area (Å²) < 4.78 is 63.2. The van der Waals surface area contributed by atoms with Crippen molar-refractivity contribution in [2.24, 2.45) is 5.73 Å². The van der Waals surface area contributed by atoms with Crippen molar-refractivity contribution in [3.05, 3.63) is 35.4 Å². The Balaban J connectivity index is 2.77. The van der Waals surface area contributed by atoms with Crippen LogP contribution in [0.15, 0.2) is 18.2 Å². The molecule has 0 heterocycles. The van der Waals surface area contributed by atoms with Gasteiger partial charge in [0.25, 0.3) is 0 Å². The zero-order valence-corrected chi connectivity index (χ0v) is 10.3. The van der Waals surface area contributed by atoms with Crippen molar-refractivity contribution >= 4 is 0 Å². The van der Waals surface area contributed by atoms with Crippen molar-refractivity contribution in [1.29, 1.82) is 0 Å². The monoisotopic (exact) mass is 282 g/mol. The van der Waals surface area contributed by atoms with Crippen LogP contribution in [0.4, 0.5) is 22.0 Å². The van der Waals surface area contributed by atoms with Crippen LogP contribution in [0.1, 0.15) is 18.5 Å². The van der Waals surface area contributed by atoms with E-state index in [4.69, 9.17) is 5.73 Å². The minimum absolute atomic E-state index is 0.115. The summed E-state index contributed by atoms with van der Waals surface area (Å²) >= 11 is 0. The van der Waals surface area contributed by atoms with E-state index in [1.54, 1.807) is 6.92 Å². The summed E-state index contributed by atoms with van der Waals surface area (Å²) in [4.78, 5) is 1.04. The lowest BCUT2D eigenvalue weighted by Gasteiger charge is -2.25. The first-order valence-electron chi connectivity index (χ1n) is 5.72. The van der Waals surface area contributed by atoms with Gasteiger partial charge in [-0.25, -0.2) is 8.78 Å². The number of benzene rings is 1. The second kappa shape index (κ2) is 6.29. The van der Waals surface area contributed by atoms with E-state index in [0.717, 1.165) is 23.1 Å². The average molecular weight is 282 g/mol. The van der Waals surface area contributed by atoms with E-state index >= 15 is 0 Å². The highest BCUT2D eigenvalue weighted by atomic mass is 19.4. The molecule has 0 spiro atoms. The van der Waals surface area contributed by atoms with Crippen molar-refractivity contribution in [3.8, 4) is 0 Å². The molecule has 1 atom stereocenters. The Morgan fingerprint density at radius 1 is 1.26 bits per heavy atom. The van der Waals surface area contributed by atoms with Crippen molar-refractivity contribution in [2.45, 2.75) is 19.1 Å². The molecule has 0 aliphatic rings. The van der Waals surface area contributed by atoms with Gasteiger partial charge in [0.2, 0.25) is 0 Å². The smallest absolute Gasteiger partial charge is 0.323 e. The molecule has 108 valence electrons. The molecular weight excluding hydrogens is 267 g/mol. The molecular formula is C12H15F5N2. The Kier molecular flexibility index (Phi) is 5.25. The zero-order chi connectivity index (χ0) is 14.6. The van der Waals surface area contributed by atoms with Gasteiger partial charge in [0.1, 0.15) is 11.6 Å². The fraction of sp³-hybridized carbons (Fsp3) is 0.500. The first-order valence-corrected chi connectivity index (χ1v) is 5.72. The highest BCUT2D eigenvalue weighted by molar-refractivity contribution is 5.22. The molecule has 1 unspecified atom stereocenters. The van der Waals surface area contributed by atoms with E-state index in [-0.39, 0.29) is 18.7 Å². The summed E-state index contributed by atoms with van der Waals surface area (Å²) in [6.45, 7) is 0.328. The predicted octanol–water partition coefficient (Wildman–Crippen LogP) is 2.85. The summed E-state index contributed by atoms with van der Waals surface area (Å²) in [5, 5.41) is 0. The van der Waals surface area contributed by atoms with Gasteiger partial charge in [0.05, 0.1) is 6.54 Å². The van der Waals surface area contributed by atoms with E-state index in [2.05, 4.69) is 0 Å². The van der Waals surface area contributed by atoms with Crippen LogP contribution in [0, 0.1) is 11.6 Å². The van der Waals surface area contributed by atoms with Crippen LogP contribution >= 0.6 is 0 Å². The van der Waals surface area contributed by atoms with Gasteiger partial charge >= 0.3 is 6.18 Å². The predicted molar refractivity (Wildman–Crippen MR) is 61.5 cm³/mol. The van der Waals surface area contributed by atoms with Crippen molar-refractivity contribution in [3.63, 3.8) is 0 Å². The van der Waals surface area contributed by atoms with E-state index in [1.807, 2.05) is 0 Å². The molecule has 0 aromatic heterocycles. The lowest BCUT2D eigenvalue weighted by Crippen LogP contribution is -2.39. The highest BCUT2D eigenvalue weighted by Gasteiger charge is 2.31. The van der Waals surface area contributed by atoms with E-state index in [0.29, 0.717) is 0 Å². The number of nitrogens with two attached hydrogens (primary N) is 1. The van der Waals surface area contributed by atoms with Crippen molar-refractivity contribution in [2.75, 3.05) is 19.6 Å². The Morgan fingerprint density at radius 2 is 1.89 bits per heavy atom. The van der Waals surface area contributed by atoms with Crippen molar-refractivity contribution < 1.29 is 22.0 Å². The van der Waals surface area contributed by atoms with Gasteiger partial charge in [-0.1, -0.05) is 6.92 Å². The molecule has 0 amide bonds. The summed E-state index contributed by atoms with van der Waals surface area (Å²) in [7, 11) is 0. The molecule has 0 saturated heterocycles. The van der Waals surface area contributed by atoms with Crippen LogP contribution in [0.5, 0.6) is 0 Å². The summed E-state index contributed by atoms with van der Waals surface area (Å²) in [6, 6.07) is 1.73. The highest BCUT2D eigenvalue weighted by Crippen LogP contribution is 2.20. The van der Waals surface area contributed by atoms with Crippen LogP contribution in [0.2, 0.25) is 0 Å². The molecule has 0 aliphatic carbocycles. The molecule has 0 bridgehead atoms. The number of rotatable bonds is 5. The van der Waals surface area contributed by atoms with Gasteiger partial charge in [0, 0.05) is 18.2 Å². The fourth-order valence-electron chi connectivity index (χ4n) is 1.73. The average Bonchev–Trinajstić information content (AvgIpc) is 2.29. The second-order valence-corrected chi connectivity index (χ2v) is 4.22. The normalized spacial score (nSPS) is 13.9. The lowest BCUT2D eigenvalue weighted by atomic mass is 10.1. The molecule has 2 N–H and O–H groups in total. The van der Waals surface area contributed by atoms with Crippen LogP contribution in [0.3, 0.4) is 0 Å². The topological polar surface area (TPSA) is 29.3 Å². The van der Waals surface area contributed by atoms with Gasteiger partial charge in [-0.2, -0.15) is 13.2 Å². The van der Waals surface area contributed by atoms with Crippen LogP contribution < -0.4 is 5.73 Å². The minimum atomic E-state index is -4.35. The van der Waals surface area contributed by atoms with Gasteiger partial charge in [-0.15, -0.1) is 0 Å². The molecule has 0 radical (unpaired) electrons. The van der Waals surface area contributed by atoms with E-state index in [1.165, 1.54) is 0 Å². The first kappa shape index (κ1) is 15.8. The Bertz CT molecular complexity index is 419. The maximum atomic E-state index is 13.4. The summed E-state index contributed by atoms with van der Waals surface area (Å²) in [6.07, 6.45) is -4.35. The Morgan fingerprint density at radius 3 is 2.42 bits per heavy atom. The van der Waals surface area contributed by atoms with Crippen LogP contribution in [-0.2, 0) is 0 Å². The minimum Gasteiger partial charge on any atom is -0.323 e.